The fourth-order valence-corrected chi connectivity index (χ4v) is 1.33. The Balaban J connectivity index is 4.62. The minimum Gasteiger partial charge on any atom is -0.411 e. The molecule has 0 saturated heterocycles. The second-order valence-corrected chi connectivity index (χ2v) is 4.64. The van der Waals surface area contributed by atoms with Gasteiger partial charge in [-0.1, -0.05) is 37.2 Å². The molecule has 0 rings (SSSR count). The molecule has 0 aromatic carbocycles. The van der Waals surface area contributed by atoms with Crippen molar-refractivity contribution in [2.45, 2.75) is 41.0 Å². The second kappa shape index (κ2) is 4.99. The summed E-state index contributed by atoms with van der Waals surface area (Å²) in [6.07, 6.45) is 2.80. The van der Waals surface area contributed by atoms with Crippen LogP contribution in [0.3, 0.4) is 0 Å². The predicted octanol–water partition coefficient (Wildman–Crippen LogP) is 3.78. The van der Waals surface area contributed by atoms with Gasteiger partial charge in [-0.25, -0.2) is 0 Å². The summed E-state index contributed by atoms with van der Waals surface area (Å²) in [5.41, 5.74) is 2.99. The maximum Gasteiger partial charge on any atom is 0.0548 e. The van der Waals surface area contributed by atoms with Gasteiger partial charge in [0.1, 0.15) is 0 Å². The van der Waals surface area contributed by atoms with Gasteiger partial charge in [0.15, 0.2) is 0 Å². The van der Waals surface area contributed by atoms with E-state index in [0.29, 0.717) is 0 Å². The Labute approximate surface area is 87.0 Å². The van der Waals surface area contributed by atoms with E-state index < -0.39 is 0 Å². The van der Waals surface area contributed by atoms with E-state index >= 15 is 0 Å². The van der Waals surface area contributed by atoms with Crippen molar-refractivity contribution < 1.29 is 5.21 Å². The van der Waals surface area contributed by atoms with Crippen molar-refractivity contribution in [3.63, 3.8) is 0 Å². The van der Waals surface area contributed by atoms with Crippen LogP contribution in [0.4, 0.5) is 0 Å². The molecule has 2 heteroatoms. The molecule has 0 fully saturated rings. The van der Waals surface area contributed by atoms with Crippen molar-refractivity contribution in [1.82, 2.24) is 0 Å². The molecule has 0 atom stereocenters. The van der Waals surface area contributed by atoms with Gasteiger partial charge in [-0.2, -0.15) is 0 Å². The van der Waals surface area contributed by atoms with Crippen LogP contribution in [-0.4, -0.2) is 10.9 Å². The fourth-order valence-electron chi connectivity index (χ4n) is 1.33. The number of hydrogen-bond acceptors (Lipinski definition) is 2. The van der Waals surface area contributed by atoms with Crippen molar-refractivity contribution in [2.24, 2.45) is 10.6 Å². The van der Waals surface area contributed by atoms with E-state index in [1.807, 2.05) is 20.8 Å². The van der Waals surface area contributed by atoms with E-state index in [1.165, 1.54) is 5.57 Å². The summed E-state index contributed by atoms with van der Waals surface area (Å²) >= 11 is 0. The number of rotatable bonds is 4. The van der Waals surface area contributed by atoms with Gasteiger partial charge in [0.2, 0.25) is 0 Å². The highest BCUT2D eigenvalue weighted by atomic mass is 16.4. The van der Waals surface area contributed by atoms with E-state index in [-0.39, 0.29) is 5.41 Å². The molecule has 0 aromatic heterocycles. The first kappa shape index (κ1) is 12.9. The Kier molecular flexibility index (Phi) is 4.61. The molecule has 0 radical (unpaired) electrons. The summed E-state index contributed by atoms with van der Waals surface area (Å²) in [5.74, 6) is 0. The molecular weight excluding hydrogens is 174 g/mol. The van der Waals surface area contributed by atoms with Crippen LogP contribution in [0.2, 0.25) is 0 Å². The zero-order valence-electron chi connectivity index (χ0n) is 9.89. The van der Waals surface area contributed by atoms with E-state index in [0.717, 1.165) is 17.7 Å². The number of hydrogen-bond donors (Lipinski definition) is 1. The lowest BCUT2D eigenvalue weighted by Crippen LogP contribution is -2.17. The van der Waals surface area contributed by atoms with Crippen molar-refractivity contribution in [3.8, 4) is 0 Å². The summed E-state index contributed by atoms with van der Waals surface area (Å²) in [4.78, 5) is 0. The summed E-state index contributed by atoms with van der Waals surface area (Å²) in [7, 11) is 0. The lowest BCUT2D eigenvalue weighted by molar-refractivity contribution is 0.314. The standard InChI is InChI=1S/C12H21NO/c1-9(2)7-10(3)12(5,6)8-11(4)13-14/h7,14H,3,8H2,1-2,4-6H3/b13-11+. The van der Waals surface area contributed by atoms with Crippen LogP contribution >= 0.6 is 0 Å². The van der Waals surface area contributed by atoms with E-state index in [9.17, 15) is 0 Å². The summed E-state index contributed by atoms with van der Waals surface area (Å²) in [5, 5.41) is 11.8. The molecule has 0 aliphatic carbocycles. The van der Waals surface area contributed by atoms with E-state index in [1.54, 1.807) is 0 Å². The fraction of sp³-hybridized carbons (Fsp3) is 0.583. The molecular formula is C12H21NO. The summed E-state index contributed by atoms with van der Waals surface area (Å²) < 4.78 is 0. The third-order valence-electron chi connectivity index (χ3n) is 2.20. The van der Waals surface area contributed by atoms with Crippen molar-refractivity contribution in [2.75, 3.05) is 0 Å². The number of allylic oxidation sites excluding steroid dienone is 3. The van der Waals surface area contributed by atoms with Crippen LogP contribution in [0.25, 0.3) is 0 Å². The predicted molar refractivity (Wildman–Crippen MR) is 61.9 cm³/mol. The molecule has 0 spiro atoms. The first-order chi connectivity index (χ1) is 6.29. The number of oxime groups is 1. The van der Waals surface area contributed by atoms with Crippen molar-refractivity contribution in [1.29, 1.82) is 0 Å². The smallest absolute Gasteiger partial charge is 0.0548 e. The minimum absolute atomic E-state index is 0.0480. The molecule has 0 amide bonds. The molecule has 0 unspecified atom stereocenters. The van der Waals surface area contributed by atoms with Gasteiger partial charge < -0.3 is 5.21 Å². The molecule has 0 saturated carbocycles. The Morgan fingerprint density at radius 3 is 2.21 bits per heavy atom. The highest BCUT2D eigenvalue weighted by molar-refractivity contribution is 5.82. The van der Waals surface area contributed by atoms with Crippen LogP contribution in [0.1, 0.15) is 41.0 Å². The second-order valence-electron chi connectivity index (χ2n) is 4.64. The molecule has 2 nitrogen and oxygen atoms in total. The van der Waals surface area contributed by atoms with Gasteiger partial charge in [-0.05, 0) is 38.2 Å². The summed E-state index contributed by atoms with van der Waals surface area (Å²) in [6, 6.07) is 0. The highest BCUT2D eigenvalue weighted by Crippen LogP contribution is 2.31. The molecule has 0 bridgehead atoms. The maximum atomic E-state index is 8.60. The maximum absolute atomic E-state index is 8.60. The SMILES string of the molecule is C=C(C=C(C)C)C(C)(C)C/C(C)=N/O. The molecule has 0 heterocycles. The van der Waals surface area contributed by atoms with Gasteiger partial charge >= 0.3 is 0 Å². The summed E-state index contributed by atoms with van der Waals surface area (Å²) in [6.45, 7) is 14.2. The van der Waals surface area contributed by atoms with Gasteiger partial charge in [-0.15, -0.1) is 0 Å². The topological polar surface area (TPSA) is 32.6 Å². The molecule has 80 valence electrons. The normalized spacial score (nSPS) is 12.5. The molecule has 1 N–H and O–H groups in total. The zero-order chi connectivity index (χ0) is 11.4. The largest absolute Gasteiger partial charge is 0.411 e. The average Bonchev–Trinajstić information content (AvgIpc) is 2.02. The Morgan fingerprint density at radius 2 is 1.86 bits per heavy atom. The lowest BCUT2D eigenvalue weighted by atomic mass is 9.80. The van der Waals surface area contributed by atoms with Crippen LogP contribution in [-0.2, 0) is 0 Å². The Hall–Kier alpha value is -1.05. The Morgan fingerprint density at radius 1 is 1.36 bits per heavy atom. The monoisotopic (exact) mass is 195 g/mol. The van der Waals surface area contributed by atoms with Gasteiger partial charge in [0.25, 0.3) is 0 Å². The lowest BCUT2D eigenvalue weighted by Gasteiger charge is -2.25. The number of nitrogens with zero attached hydrogens (tertiary/aromatic N) is 1. The van der Waals surface area contributed by atoms with Crippen LogP contribution in [0.5, 0.6) is 0 Å². The quantitative estimate of drug-likeness (QED) is 0.315. The Bertz CT molecular complexity index is 268. The van der Waals surface area contributed by atoms with Gasteiger partial charge in [0.05, 0.1) is 5.71 Å². The molecule has 0 aromatic rings. The third-order valence-corrected chi connectivity index (χ3v) is 2.20. The molecule has 0 aliphatic heterocycles. The highest BCUT2D eigenvalue weighted by Gasteiger charge is 2.21. The van der Waals surface area contributed by atoms with Crippen LogP contribution in [0.15, 0.2) is 29.0 Å². The van der Waals surface area contributed by atoms with E-state index in [2.05, 4.69) is 31.7 Å². The average molecular weight is 195 g/mol. The van der Waals surface area contributed by atoms with Crippen LogP contribution in [0, 0.1) is 5.41 Å². The van der Waals surface area contributed by atoms with Crippen molar-refractivity contribution >= 4 is 5.71 Å². The molecule has 0 aliphatic rings. The van der Waals surface area contributed by atoms with Gasteiger partial charge in [-0.3, -0.25) is 0 Å². The third kappa shape index (κ3) is 4.26. The van der Waals surface area contributed by atoms with Crippen molar-refractivity contribution in [3.05, 3.63) is 23.8 Å². The van der Waals surface area contributed by atoms with E-state index in [4.69, 9.17) is 5.21 Å². The first-order valence-electron chi connectivity index (χ1n) is 4.81. The zero-order valence-corrected chi connectivity index (χ0v) is 9.89. The minimum atomic E-state index is -0.0480. The first-order valence-corrected chi connectivity index (χ1v) is 4.81. The molecule has 14 heavy (non-hydrogen) atoms. The van der Waals surface area contributed by atoms with Crippen LogP contribution < -0.4 is 0 Å². The van der Waals surface area contributed by atoms with Gasteiger partial charge in [0, 0.05) is 0 Å².